The molecule has 0 bridgehead atoms. The summed E-state index contributed by atoms with van der Waals surface area (Å²) in [5.41, 5.74) is -0.864. The van der Waals surface area contributed by atoms with Crippen molar-refractivity contribution in [3.05, 3.63) is 83.7 Å². The van der Waals surface area contributed by atoms with Crippen LogP contribution in [0.15, 0.2) is 71.8 Å². The van der Waals surface area contributed by atoms with Crippen molar-refractivity contribution in [2.24, 2.45) is 0 Å². The topological polar surface area (TPSA) is 127 Å². The number of carbonyl (C=O) groups excluding carboxylic acids is 2. The van der Waals surface area contributed by atoms with Crippen molar-refractivity contribution in [3.8, 4) is 0 Å². The molecule has 2 aromatic carbocycles. The van der Waals surface area contributed by atoms with Gasteiger partial charge in [-0.3, -0.25) is 14.6 Å². The minimum absolute atomic E-state index is 0.0247. The first kappa shape index (κ1) is 30.6. The van der Waals surface area contributed by atoms with Crippen molar-refractivity contribution in [1.82, 2.24) is 10.3 Å². The lowest BCUT2D eigenvalue weighted by Gasteiger charge is -2.35. The molecule has 0 radical (unpaired) electrons. The molecule has 0 spiro atoms. The Morgan fingerprint density at radius 3 is 2.40 bits per heavy atom. The first-order valence-corrected chi connectivity index (χ1v) is 14.2. The lowest BCUT2D eigenvalue weighted by atomic mass is 10.0. The van der Waals surface area contributed by atoms with Gasteiger partial charge in [-0.05, 0) is 50.6 Å². The van der Waals surface area contributed by atoms with Crippen LogP contribution in [0, 0.1) is 0 Å². The van der Waals surface area contributed by atoms with Crippen LogP contribution < -0.4 is 14.9 Å². The maximum absolute atomic E-state index is 13.8. The lowest BCUT2D eigenvalue weighted by molar-refractivity contribution is -0.137. The van der Waals surface area contributed by atoms with Crippen LogP contribution in [0.3, 0.4) is 0 Å². The standard InChI is InChI=1S/C28H29F3N4O6S/c1-27(2,3)41-26(37)33-20-14-24-23(32-15-20)13-21(34-25(36)40-17-18-8-5-4-6-9-18)16-35(24)42(38,39)22-11-7-10-19(12-22)28(29,30)31/h4-12,14-15,21H,13,16-17H2,1-3H3,(H,33,37)(H,34,36). The fourth-order valence-electron chi connectivity index (χ4n) is 4.16. The molecule has 4 rings (SSSR count). The number of pyridine rings is 1. The molecule has 1 aliphatic heterocycles. The SMILES string of the molecule is CC(C)(C)OC(=O)Nc1cnc2c(c1)N(S(=O)(=O)c1cccc(C(F)(F)F)c1)CC(NC(=O)OCc1ccccc1)C2. The van der Waals surface area contributed by atoms with Crippen LogP contribution in [0.25, 0.3) is 0 Å². The summed E-state index contributed by atoms with van der Waals surface area (Å²) in [6.45, 7) is 4.63. The number of nitrogens with zero attached hydrogens (tertiary/aromatic N) is 2. The Morgan fingerprint density at radius 2 is 1.74 bits per heavy atom. The van der Waals surface area contributed by atoms with Gasteiger partial charge in [-0.1, -0.05) is 36.4 Å². The zero-order chi connectivity index (χ0) is 30.7. The number of hydrogen-bond acceptors (Lipinski definition) is 7. The van der Waals surface area contributed by atoms with Gasteiger partial charge in [-0.2, -0.15) is 13.2 Å². The highest BCUT2D eigenvalue weighted by atomic mass is 32.2. The first-order valence-electron chi connectivity index (χ1n) is 12.8. The number of hydrogen-bond donors (Lipinski definition) is 2. The van der Waals surface area contributed by atoms with E-state index in [2.05, 4.69) is 15.6 Å². The third-order valence-electron chi connectivity index (χ3n) is 5.97. The van der Waals surface area contributed by atoms with Gasteiger partial charge in [0.2, 0.25) is 0 Å². The number of ether oxygens (including phenoxy) is 2. The van der Waals surface area contributed by atoms with Crippen molar-refractivity contribution in [2.75, 3.05) is 16.2 Å². The summed E-state index contributed by atoms with van der Waals surface area (Å²) >= 11 is 0. The van der Waals surface area contributed by atoms with Crippen molar-refractivity contribution in [3.63, 3.8) is 0 Å². The van der Waals surface area contributed by atoms with Crippen molar-refractivity contribution in [2.45, 2.75) is 56.5 Å². The van der Waals surface area contributed by atoms with Crippen LogP contribution in [0.2, 0.25) is 0 Å². The zero-order valence-electron chi connectivity index (χ0n) is 22.9. The predicted octanol–water partition coefficient (Wildman–Crippen LogP) is 5.49. The molecule has 1 aromatic heterocycles. The number of carbonyl (C=O) groups is 2. The second-order valence-electron chi connectivity index (χ2n) is 10.5. The Balaban J connectivity index is 1.64. The van der Waals surface area contributed by atoms with Gasteiger partial charge in [-0.25, -0.2) is 18.0 Å². The number of benzene rings is 2. The summed E-state index contributed by atoms with van der Waals surface area (Å²) in [6.07, 6.45) is -5.03. The molecule has 3 aromatic rings. The van der Waals surface area contributed by atoms with Crippen molar-refractivity contribution < 1.29 is 40.7 Å². The van der Waals surface area contributed by atoms with Gasteiger partial charge in [-0.15, -0.1) is 0 Å². The maximum Gasteiger partial charge on any atom is 0.416 e. The van der Waals surface area contributed by atoms with Gasteiger partial charge in [0.25, 0.3) is 10.0 Å². The van der Waals surface area contributed by atoms with Crippen LogP contribution in [0.5, 0.6) is 0 Å². The summed E-state index contributed by atoms with van der Waals surface area (Å²) < 4.78 is 79.1. The third-order valence-corrected chi connectivity index (χ3v) is 7.75. The average Bonchev–Trinajstić information content (AvgIpc) is 2.90. The number of aromatic nitrogens is 1. The Morgan fingerprint density at radius 1 is 1.02 bits per heavy atom. The monoisotopic (exact) mass is 606 g/mol. The van der Waals surface area contributed by atoms with E-state index in [0.29, 0.717) is 6.07 Å². The molecule has 224 valence electrons. The second kappa shape index (κ2) is 11.9. The number of alkyl halides is 3. The van der Waals surface area contributed by atoms with E-state index in [0.717, 1.165) is 28.1 Å². The number of alkyl carbamates (subject to hydrolysis) is 1. The van der Waals surface area contributed by atoms with Gasteiger partial charge in [0.15, 0.2) is 0 Å². The Kier molecular flexibility index (Phi) is 8.66. The van der Waals surface area contributed by atoms with E-state index in [9.17, 15) is 31.2 Å². The van der Waals surface area contributed by atoms with Gasteiger partial charge in [0.05, 0.1) is 46.3 Å². The molecule has 14 heteroatoms. The van der Waals surface area contributed by atoms with E-state index in [1.807, 2.05) is 6.07 Å². The maximum atomic E-state index is 13.8. The summed E-state index contributed by atoms with van der Waals surface area (Å²) in [6, 6.07) is 12.7. The average molecular weight is 607 g/mol. The molecular formula is C28H29F3N4O6S. The molecular weight excluding hydrogens is 577 g/mol. The molecule has 2 heterocycles. The molecule has 10 nitrogen and oxygen atoms in total. The molecule has 0 aliphatic carbocycles. The molecule has 42 heavy (non-hydrogen) atoms. The Hall–Kier alpha value is -4.33. The molecule has 0 saturated carbocycles. The minimum Gasteiger partial charge on any atom is -0.445 e. The highest BCUT2D eigenvalue weighted by molar-refractivity contribution is 7.92. The van der Waals surface area contributed by atoms with Gasteiger partial charge in [0.1, 0.15) is 12.2 Å². The summed E-state index contributed by atoms with van der Waals surface area (Å²) in [4.78, 5) is 28.5. The summed E-state index contributed by atoms with van der Waals surface area (Å²) in [7, 11) is -4.60. The van der Waals surface area contributed by atoms with Gasteiger partial charge >= 0.3 is 18.4 Å². The summed E-state index contributed by atoms with van der Waals surface area (Å²) in [5, 5.41) is 5.10. The van der Waals surface area contributed by atoms with E-state index in [-0.39, 0.29) is 36.6 Å². The van der Waals surface area contributed by atoms with E-state index in [1.165, 1.54) is 12.3 Å². The van der Waals surface area contributed by atoms with E-state index >= 15 is 0 Å². The quantitative estimate of drug-likeness (QED) is 0.380. The molecule has 2 N–H and O–H groups in total. The normalized spacial score (nSPS) is 15.4. The minimum atomic E-state index is -4.77. The van der Waals surface area contributed by atoms with Crippen LogP contribution in [0.4, 0.5) is 34.1 Å². The molecule has 0 fully saturated rings. The smallest absolute Gasteiger partial charge is 0.416 e. The Labute approximate surface area is 240 Å². The summed E-state index contributed by atoms with van der Waals surface area (Å²) in [5.74, 6) is 0. The molecule has 1 unspecified atom stereocenters. The first-order chi connectivity index (χ1) is 19.6. The number of nitrogens with one attached hydrogen (secondary N) is 2. The lowest BCUT2D eigenvalue weighted by Crippen LogP contribution is -2.50. The number of rotatable bonds is 6. The zero-order valence-corrected chi connectivity index (χ0v) is 23.8. The highest BCUT2D eigenvalue weighted by Gasteiger charge is 2.37. The van der Waals surface area contributed by atoms with E-state index < -0.39 is 50.5 Å². The Bertz CT molecular complexity index is 1560. The molecule has 2 amide bonds. The highest BCUT2D eigenvalue weighted by Crippen LogP contribution is 2.35. The fraction of sp³-hybridized carbons (Fsp3) is 0.321. The van der Waals surface area contributed by atoms with Crippen LogP contribution in [-0.2, 0) is 38.7 Å². The number of halogens is 3. The molecule has 1 atom stereocenters. The fourth-order valence-corrected chi connectivity index (χ4v) is 5.73. The van der Waals surface area contributed by atoms with Crippen molar-refractivity contribution >= 4 is 33.6 Å². The van der Waals surface area contributed by atoms with Gasteiger partial charge in [0, 0.05) is 6.42 Å². The van der Waals surface area contributed by atoms with Crippen LogP contribution >= 0.6 is 0 Å². The number of fused-ring (bicyclic) bond motifs is 1. The van der Waals surface area contributed by atoms with Crippen LogP contribution in [-0.4, -0.2) is 43.8 Å². The number of amides is 2. The molecule has 0 saturated heterocycles. The third kappa shape index (κ3) is 7.69. The number of sulfonamides is 1. The molecule has 1 aliphatic rings. The van der Waals surface area contributed by atoms with E-state index in [1.54, 1.807) is 45.0 Å². The van der Waals surface area contributed by atoms with E-state index in [4.69, 9.17) is 9.47 Å². The second-order valence-corrected chi connectivity index (χ2v) is 12.3. The predicted molar refractivity (Wildman–Crippen MR) is 147 cm³/mol. The number of anilines is 2. The van der Waals surface area contributed by atoms with Crippen molar-refractivity contribution in [1.29, 1.82) is 0 Å². The van der Waals surface area contributed by atoms with Crippen LogP contribution in [0.1, 0.15) is 37.6 Å². The largest absolute Gasteiger partial charge is 0.445 e. The van der Waals surface area contributed by atoms with Gasteiger partial charge < -0.3 is 14.8 Å².